The maximum atomic E-state index is 13.9. The maximum Gasteiger partial charge on any atom is 0.267 e. The Bertz CT molecular complexity index is 1930. The van der Waals surface area contributed by atoms with E-state index in [0.29, 0.717) is 45.6 Å². The van der Waals surface area contributed by atoms with Crippen LogP contribution in [-0.2, 0) is 10.2 Å². The molecule has 3 N–H and O–H groups in total. The van der Waals surface area contributed by atoms with Gasteiger partial charge in [0.1, 0.15) is 23.7 Å². The van der Waals surface area contributed by atoms with Crippen molar-refractivity contribution in [1.29, 1.82) is 0 Å². The van der Waals surface area contributed by atoms with Crippen molar-refractivity contribution in [2.24, 2.45) is 0 Å². The molecule has 0 bridgehead atoms. The second-order valence-corrected chi connectivity index (χ2v) is 11.3. The van der Waals surface area contributed by atoms with E-state index in [4.69, 9.17) is 10.5 Å². The average molecular weight is 587 g/mol. The second-order valence-electron chi connectivity index (χ2n) is 11.3. The van der Waals surface area contributed by atoms with E-state index >= 15 is 0 Å². The molecule has 220 valence electrons. The highest BCUT2D eigenvalue weighted by Crippen LogP contribution is 2.46. The number of carbonyl (C=O) groups excluding carboxylic acids is 1. The number of aryl methyl sites for hydroxylation is 1. The molecule has 1 amide bonds. The number of aromatic nitrogens is 7. The quantitative estimate of drug-likeness (QED) is 0.276. The molecule has 7 rings (SSSR count). The number of nitrogens with zero attached hydrogens (tertiary/aromatic N) is 8. The predicted octanol–water partition coefficient (Wildman–Crippen LogP) is 4.76. The number of alkyl halides is 2. The average Bonchev–Trinajstić information content (AvgIpc) is 3.58. The maximum absolute atomic E-state index is 13.9. The van der Waals surface area contributed by atoms with Gasteiger partial charge in [0, 0.05) is 29.4 Å². The Balaban J connectivity index is 1.26. The standard InChI is InChI=1S/C29H28F2N10O2/c1-14-9-22(32)38-41(14)26-16(25(30)31)7-8-24(35-26)39-13-33-18-11-19(21(43-4)12-20(18)39)34-23-10-17-27(37-36-23)40(15-5-6-15)28(42)29(17,2)3/h7-13,15,25H,5-6H2,1-4H3,(H2,32,38)(H,34,36). The Kier molecular flexibility index (Phi) is 5.87. The molecule has 0 radical (unpaired) electrons. The van der Waals surface area contributed by atoms with Gasteiger partial charge >= 0.3 is 0 Å². The first kappa shape index (κ1) is 26.7. The van der Waals surface area contributed by atoms with Crippen LogP contribution in [0.4, 0.5) is 31.9 Å². The number of rotatable bonds is 7. The van der Waals surface area contributed by atoms with E-state index in [1.165, 1.54) is 23.9 Å². The lowest BCUT2D eigenvalue weighted by molar-refractivity contribution is -0.122. The largest absolute Gasteiger partial charge is 0.494 e. The molecule has 5 heterocycles. The van der Waals surface area contributed by atoms with Crippen molar-refractivity contribution in [1.82, 2.24) is 34.5 Å². The van der Waals surface area contributed by atoms with Gasteiger partial charge in [0.15, 0.2) is 17.5 Å². The summed E-state index contributed by atoms with van der Waals surface area (Å²) < 4.78 is 36.5. The topological polar surface area (TPSA) is 142 Å². The van der Waals surface area contributed by atoms with Crippen LogP contribution in [0.25, 0.3) is 22.7 Å². The molecule has 1 aromatic carbocycles. The fourth-order valence-electron chi connectivity index (χ4n) is 5.53. The molecule has 12 nitrogen and oxygen atoms in total. The zero-order chi connectivity index (χ0) is 30.2. The van der Waals surface area contributed by atoms with E-state index in [1.54, 1.807) is 40.9 Å². The Morgan fingerprint density at radius 1 is 1.12 bits per heavy atom. The first-order valence-electron chi connectivity index (χ1n) is 13.7. The Hall–Kier alpha value is -5.14. The van der Waals surface area contributed by atoms with Crippen molar-refractivity contribution in [3.8, 4) is 17.4 Å². The van der Waals surface area contributed by atoms with Crippen LogP contribution in [-0.4, -0.2) is 53.6 Å². The lowest BCUT2D eigenvalue weighted by atomic mass is 9.87. The minimum Gasteiger partial charge on any atom is -0.494 e. The third-order valence-corrected chi connectivity index (χ3v) is 7.95. The summed E-state index contributed by atoms with van der Waals surface area (Å²) in [5.41, 5.74) is 8.01. The third-order valence-electron chi connectivity index (χ3n) is 7.95. The van der Waals surface area contributed by atoms with Crippen LogP contribution in [0.5, 0.6) is 5.75 Å². The van der Waals surface area contributed by atoms with Crippen LogP contribution in [0.2, 0.25) is 0 Å². The molecule has 14 heteroatoms. The van der Waals surface area contributed by atoms with Crippen LogP contribution in [0, 0.1) is 6.92 Å². The summed E-state index contributed by atoms with van der Waals surface area (Å²) in [5.74, 6) is 2.11. The van der Waals surface area contributed by atoms with Crippen molar-refractivity contribution in [2.75, 3.05) is 23.1 Å². The molecular formula is C29H28F2N10O2. The lowest BCUT2D eigenvalue weighted by Crippen LogP contribution is -2.37. The molecule has 0 atom stereocenters. The Labute approximate surface area is 244 Å². The summed E-state index contributed by atoms with van der Waals surface area (Å²) in [6.45, 7) is 5.51. The minimum atomic E-state index is -2.77. The number of hydrogen-bond donors (Lipinski definition) is 2. The summed E-state index contributed by atoms with van der Waals surface area (Å²) in [7, 11) is 1.54. The van der Waals surface area contributed by atoms with E-state index in [-0.39, 0.29) is 29.1 Å². The van der Waals surface area contributed by atoms with Gasteiger partial charge in [-0.3, -0.25) is 14.3 Å². The van der Waals surface area contributed by atoms with E-state index in [9.17, 15) is 13.6 Å². The molecule has 5 aromatic rings. The van der Waals surface area contributed by atoms with Gasteiger partial charge in [-0.1, -0.05) is 0 Å². The molecule has 0 spiro atoms. The normalized spacial score (nSPS) is 15.9. The number of hydrogen-bond acceptors (Lipinski definition) is 9. The molecule has 1 aliphatic carbocycles. The van der Waals surface area contributed by atoms with E-state index < -0.39 is 11.8 Å². The number of ether oxygens (including phenoxy) is 1. The highest BCUT2D eigenvalue weighted by Gasteiger charge is 2.50. The predicted molar refractivity (Wildman–Crippen MR) is 155 cm³/mol. The molecule has 0 saturated heterocycles. The first-order valence-corrected chi connectivity index (χ1v) is 13.7. The Morgan fingerprint density at radius 2 is 1.91 bits per heavy atom. The highest BCUT2D eigenvalue weighted by atomic mass is 19.3. The van der Waals surface area contributed by atoms with Crippen molar-refractivity contribution in [3.05, 3.63) is 59.5 Å². The number of amides is 1. The highest BCUT2D eigenvalue weighted by molar-refractivity contribution is 6.07. The number of anilines is 4. The third kappa shape index (κ3) is 4.23. The van der Waals surface area contributed by atoms with Crippen LogP contribution in [0.15, 0.2) is 42.7 Å². The smallest absolute Gasteiger partial charge is 0.267 e. The van der Waals surface area contributed by atoms with Gasteiger partial charge in [0.2, 0.25) is 5.91 Å². The fourth-order valence-corrected chi connectivity index (χ4v) is 5.53. The molecule has 4 aromatic heterocycles. The molecule has 1 fully saturated rings. The lowest BCUT2D eigenvalue weighted by Gasteiger charge is -2.18. The number of nitrogen functional groups attached to an aromatic ring is 1. The number of benzene rings is 1. The van der Waals surface area contributed by atoms with Gasteiger partial charge in [-0.15, -0.1) is 15.3 Å². The monoisotopic (exact) mass is 586 g/mol. The van der Waals surface area contributed by atoms with Crippen molar-refractivity contribution >= 4 is 40.1 Å². The van der Waals surface area contributed by atoms with Crippen molar-refractivity contribution in [3.63, 3.8) is 0 Å². The van der Waals surface area contributed by atoms with E-state index in [0.717, 1.165) is 18.4 Å². The molecular weight excluding hydrogens is 558 g/mol. The summed E-state index contributed by atoms with van der Waals surface area (Å²) >= 11 is 0. The summed E-state index contributed by atoms with van der Waals surface area (Å²) in [6.07, 6.45) is 0.731. The van der Waals surface area contributed by atoms with Gasteiger partial charge in [0.05, 0.1) is 34.8 Å². The zero-order valence-electron chi connectivity index (χ0n) is 23.8. The number of methoxy groups -OCH3 is 1. The van der Waals surface area contributed by atoms with Crippen LogP contribution in [0.3, 0.4) is 0 Å². The molecule has 0 unspecified atom stereocenters. The second kappa shape index (κ2) is 9.44. The summed E-state index contributed by atoms with van der Waals surface area (Å²) in [6, 6.07) is 10.0. The zero-order valence-corrected chi connectivity index (χ0v) is 23.8. The van der Waals surface area contributed by atoms with Crippen LogP contribution in [0.1, 0.15) is 49.9 Å². The van der Waals surface area contributed by atoms with E-state index in [2.05, 4.69) is 30.6 Å². The molecule has 2 aliphatic rings. The van der Waals surface area contributed by atoms with Crippen molar-refractivity contribution < 1.29 is 18.3 Å². The van der Waals surface area contributed by atoms with Gasteiger partial charge < -0.3 is 15.8 Å². The summed E-state index contributed by atoms with van der Waals surface area (Å²) in [5, 5.41) is 16.2. The number of nitrogens with two attached hydrogens (primary N) is 1. The SMILES string of the molecule is COc1cc2c(cc1Nc1cc3c(nn1)N(C1CC1)C(=O)C3(C)C)ncn2-c1ccc(C(F)F)c(-n2nc(N)cc2C)n1. The number of halogens is 2. The number of imidazole rings is 1. The number of carbonyl (C=O) groups is 1. The Morgan fingerprint density at radius 3 is 2.58 bits per heavy atom. The number of pyridine rings is 1. The van der Waals surface area contributed by atoms with Gasteiger partial charge in [-0.25, -0.2) is 23.4 Å². The van der Waals surface area contributed by atoms with Crippen LogP contribution < -0.4 is 20.7 Å². The summed E-state index contributed by atoms with van der Waals surface area (Å²) in [4.78, 5) is 24.0. The fraction of sp³-hybridized carbons (Fsp3) is 0.310. The molecule has 1 saturated carbocycles. The van der Waals surface area contributed by atoms with Crippen molar-refractivity contribution in [2.45, 2.75) is 51.5 Å². The van der Waals surface area contributed by atoms with Gasteiger partial charge in [0.25, 0.3) is 6.43 Å². The van der Waals surface area contributed by atoms with E-state index in [1.807, 2.05) is 19.9 Å². The van der Waals surface area contributed by atoms with Crippen LogP contribution >= 0.6 is 0 Å². The van der Waals surface area contributed by atoms with Gasteiger partial charge in [-0.2, -0.15) is 0 Å². The van der Waals surface area contributed by atoms with Gasteiger partial charge in [-0.05, 0) is 57.9 Å². The number of nitrogens with one attached hydrogen (secondary N) is 1. The molecule has 43 heavy (non-hydrogen) atoms. The molecule has 1 aliphatic heterocycles. The minimum absolute atomic E-state index is 0.0226. The number of fused-ring (bicyclic) bond motifs is 2. The first-order chi connectivity index (χ1) is 20.6.